The Morgan fingerprint density at radius 1 is 1.05 bits per heavy atom. The van der Waals surface area contributed by atoms with Gasteiger partial charge in [-0.1, -0.05) is 0 Å². The number of esters is 1. The van der Waals surface area contributed by atoms with E-state index < -0.39 is 18.4 Å². The van der Waals surface area contributed by atoms with Gasteiger partial charge in [0.15, 0.2) is 0 Å². The van der Waals surface area contributed by atoms with Crippen LogP contribution in [0.2, 0.25) is 17.7 Å². The summed E-state index contributed by atoms with van der Waals surface area (Å²) in [6.45, 7) is 17.8. The number of nitrogens with zero attached hydrogens (tertiary/aromatic N) is 1. The summed E-state index contributed by atoms with van der Waals surface area (Å²) < 4.78 is 11.7. The van der Waals surface area contributed by atoms with Crippen LogP contribution in [0.25, 0.3) is 0 Å². The Balaban J connectivity index is 2.36. The van der Waals surface area contributed by atoms with Gasteiger partial charge in [-0.15, -0.1) is 0 Å². The quantitative estimate of drug-likeness (QED) is 0.0966. The molecule has 1 aromatic rings. The zero-order valence-electron chi connectivity index (χ0n) is 26.1. The second kappa shape index (κ2) is 16.9. The molecule has 0 saturated heterocycles. The predicted molar refractivity (Wildman–Crippen MR) is 168 cm³/mol. The molecule has 1 saturated carbocycles. The van der Waals surface area contributed by atoms with Gasteiger partial charge in [0.05, 0.1) is 0 Å². The van der Waals surface area contributed by atoms with Crippen molar-refractivity contribution in [1.82, 2.24) is 0 Å². The molecule has 1 aromatic carbocycles. The average molecular weight is 643 g/mol. The maximum atomic E-state index is 14.1. The standard InChI is InChI=1S/C23H30NO2.3C4H9.Sn/c1-16-11-12-20(23(4,5)19-9-7-6-8-10-19)21(14-16)26-22(25)18(3)13-17(2)15-24;3*1-3-4-2;/h6-10,16,18,20-21H,2-3,11-14H2,1,4-5H3;3*1,3-4H2,2H3;/t16-,18?,20-,21-;;;;/m1..../s1. The Labute approximate surface area is 245 Å². The minimum atomic E-state index is -2.64. The van der Waals surface area contributed by atoms with Crippen LogP contribution in [0.15, 0.2) is 42.5 Å². The van der Waals surface area contributed by atoms with Crippen molar-refractivity contribution in [2.75, 3.05) is 0 Å². The number of carbonyl (C=O) groups is 1. The molecule has 0 spiro atoms. The van der Waals surface area contributed by atoms with E-state index in [2.05, 4.69) is 84.5 Å². The van der Waals surface area contributed by atoms with E-state index in [1.807, 2.05) is 0 Å². The number of hydrogen-bond donors (Lipinski definition) is 0. The molecule has 0 heterocycles. The molecule has 2 rings (SSSR count). The Kier molecular flexibility index (Phi) is 14.7. The maximum absolute atomic E-state index is 14.1. The Hall–Kier alpha value is -1.28. The predicted octanol–water partition coefficient (Wildman–Crippen LogP) is 10.2. The van der Waals surface area contributed by atoms with Crippen LogP contribution in [0.4, 0.5) is 0 Å². The second-order valence-electron chi connectivity index (χ2n) is 13.2. The van der Waals surface area contributed by atoms with Gasteiger partial charge in [0.1, 0.15) is 0 Å². The van der Waals surface area contributed by atoms with Crippen molar-refractivity contribution < 1.29 is 9.53 Å². The van der Waals surface area contributed by atoms with Gasteiger partial charge in [0.25, 0.3) is 0 Å². The number of ether oxygens (including phenoxy) is 1. The number of unbranched alkanes of at least 4 members (excludes halogenated alkanes) is 3. The van der Waals surface area contributed by atoms with E-state index >= 15 is 0 Å². The molecule has 4 atom stereocenters. The molecule has 4 heteroatoms. The van der Waals surface area contributed by atoms with E-state index in [0.29, 0.717) is 17.9 Å². The van der Waals surface area contributed by atoms with E-state index in [0.717, 1.165) is 17.3 Å². The van der Waals surface area contributed by atoms with E-state index in [1.54, 1.807) is 0 Å². The molecule has 0 radical (unpaired) electrons. The first-order chi connectivity index (χ1) is 18.6. The molecule has 0 amide bonds. The molecule has 0 aromatic heterocycles. The van der Waals surface area contributed by atoms with Crippen molar-refractivity contribution in [2.24, 2.45) is 17.8 Å². The number of rotatable bonds is 17. The monoisotopic (exact) mass is 643 g/mol. The first kappa shape index (κ1) is 33.9. The summed E-state index contributed by atoms with van der Waals surface area (Å²) >= 11 is -2.64. The number of allylic oxidation sites excluding steroid dienone is 1. The van der Waals surface area contributed by atoms with Gasteiger partial charge in [-0.25, -0.2) is 0 Å². The zero-order valence-corrected chi connectivity index (χ0v) is 28.9. The van der Waals surface area contributed by atoms with Gasteiger partial charge in [0.2, 0.25) is 0 Å². The van der Waals surface area contributed by atoms with Gasteiger partial charge >= 0.3 is 246 Å². The van der Waals surface area contributed by atoms with Gasteiger partial charge in [-0.2, -0.15) is 0 Å². The molecule has 218 valence electrons. The fourth-order valence-corrected chi connectivity index (χ4v) is 24.3. The van der Waals surface area contributed by atoms with Crippen molar-refractivity contribution in [3.63, 3.8) is 0 Å². The normalized spacial score (nSPS) is 20.7. The summed E-state index contributed by atoms with van der Waals surface area (Å²) in [5.41, 5.74) is 1.76. The summed E-state index contributed by atoms with van der Waals surface area (Å²) in [4.78, 5) is 14.1. The molecule has 1 fully saturated rings. The van der Waals surface area contributed by atoms with Crippen LogP contribution in [0, 0.1) is 29.1 Å². The Bertz CT molecular complexity index is 897. The average Bonchev–Trinajstić information content (AvgIpc) is 2.93. The van der Waals surface area contributed by atoms with Crippen molar-refractivity contribution in [3.8, 4) is 6.07 Å². The van der Waals surface area contributed by atoms with Crippen molar-refractivity contribution >= 4 is 24.3 Å². The second-order valence-corrected chi connectivity index (χ2v) is 27.2. The fourth-order valence-electron chi connectivity index (χ4n) is 7.05. The van der Waals surface area contributed by atoms with Gasteiger partial charge in [0, 0.05) is 0 Å². The van der Waals surface area contributed by atoms with Gasteiger partial charge in [-0.05, 0) is 0 Å². The van der Waals surface area contributed by atoms with E-state index in [1.165, 1.54) is 63.8 Å². The summed E-state index contributed by atoms with van der Waals surface area (Å²) in [5, 5.41) is 9.63. The minimum absolute atomic E-state index is 0.0510. The van der Waals surface area contributed by atoms with Crippen LogP contribution in [0.3, 0.4) is 0 Å². The van der Waals surface area contributed by atoms with Crippen molar-refractivity contribution in [3.05, 3.63) is 48.0 Å². The fraction of sp³-hybridized carbons (Fsp3) is 0.714. The molecule has 0 aliphatic heterocycles. The molecule has 1 aliphatic rings. The molecule has 1 unspecified atom stereocenters. The van der Waals surface area contributed by atoms with Crippen LogP contribution < -0.4 is 0 Å². The molecule has 1 aliphatic carbocycles. The molecule has 0 bridgehead atoms. The number of carbonyl (C=O) groups excluding carboxylic acids is 1. The van der Waals surface area contributed by atoms with E-state index in [4.69, 9.17) is 4.74 Å². The first-order valence-corrected chi connectivity index (χ1v) is 24.0. The van der Waals surface area contributed by atoms with Gasteiger partial charge < -0.3 is 0 Å². The third-order valence-corrected chi connectivity index (χ3v) is 25.6. The molecular weight excluding hydrogens is 585 g/mol. The van der Waals surface area contributed by atoms with Crippen LogP contribution in [0.5, 0.6) is 0 Å². The van der Waals surface area contributed by atoms with Gasteiger partial charge in [-0.3, -0.25) is 0 Å². The summed E-state index contributed by atoms with van der Waals surface area (Å²) in [7, 11) is 0. The van der Waals surface area contributed by atoms with E-state index in [-0.39, 0.29) is 29.3 Å². The van der Waals surface area contributed by atoms with Crippen LogP contribution >= 0.6 is 0 Å². The van der Waals surface area contributed by atoms with Crippen molar-refractivity contribution in [1.29, 1.82) is 5.26 Å². The third-order valence-electron chi connectivity index (χ3n) is 9.61. The van der Waals surface area contributed by atoms with Crippen LogP contribution in [-0.2, 0) is 14.9 Å². The molecule has 39 heavy (non-hydrogen) atoms. The number of hydrogen-bond acceptors (Lipinski definition) is 3. The first-order valence-electron chi connectivity index (χ1n) is 16.0. The topological polar surface area (TPSA) is 50.1 Å². The van der Waals surface area contributed by atoms with Crippen LogP contribution in [-0.4, -0.2) is 30.5 Å². The number of nitriles is 1. The van der Waals surface area contributed by atoms with Crippen LogP contribution in [0.1, 0.15) is 111 Å². The molecular formula is C35H57NO2Sn. The summed E-state index contributed by atoms with van der Waals surface area (Å²) in [6, 6.07) is 13.0. The Morgan fingerprint density at radius 3 is 2.13 bits per heavy atom. The summed E-state index contributed by atoms with van der Waals surface area (Å²) in [5.74, 6) is 0.574. The third kappa shape index (κ3) is 10.2. The SMILES string of the molecule is C=C(C#N)CC([CH2][Sn]([CH2]CCC)([CH2]CCC)[CH2]CCC)C(=O)O[C@@H]1C[C@H](C)CC[C@H]1C(C)(C)c1ccccc1. The molecule has 0 N–H and O–H groups in total. The van der Waals surface area contributed by atoms with E-state index in [9.17, 15) is 10.1 Å². The summed E-state index contributed by atoms with van der Waals surface area (Å²) in [6.07, 6.45) is 11.0. The number of benzene rings is 1. The molecule has 3 nitrogen and oxygen atoms in total. The zero-order chi connectivity index (χ0) is 28.9. The Morgan fingerprint density at radius 2 is 1.62 bits per heavy atom. The van der Waals surface area contributed by atoms with Crippen molar-refractivity contribution in [2.45, 2.75) is 135 Å².